The molecule has 0 radical (unpaired) electrons. The third kappa shape index (κ3) is 2.69. The van der Waals surface area contributed by atoms with Crippen molar-refractivity contribution in [2.24, 2.45) is 0 Å². The lowest BCUT2D eigenvalue weighted by atomic mass is 10.2. The molecule has 0 unspecified atom stereocenters. The maximum Gasteiger partial charge on any atom is 0.258 e. The second-order valence-electron chi connectivity index (χ2n) is 4.27. The van der Waals surface area contributed by atoms with Crippen molar-refractivity contribution in [3.63, 3.8) is 0 Å². The number of phenolic OH excluding ortho intramolecular Hbond substituents is 1. The largest absolute Gasteiger partial charge is 0.504 e. The normalized spacial score (nSPS) is 10.5. The molecule has 1 aromatic carbocycles. The van der Waals surface area contributed by atoms with Crippen LogP contribution in [0.4, 0.5) is 0 Å². The Morgan fingerprint density at radius 2 is 1.95 bits per heavy atom. The molecule has 21 heavy (non-hydrogen) atoms. The summed E-state index contributed by atoms with van der Waals surface area (Å²) in [6, 6.07) is 8.51. The number of ether oxygens (including phenoxy) is 1. The zero-order valence-electron chi connectivity index (χ0n) is 11.4. The number of aromatic nitrogens is 3. The number of aromatic hydroxyl groups is 1. The third-order valence-electron chi connectivity index (χ3n) is 2.87. The summed E-state index contributed by atoms with van der Waals surface area (Å²) in [5.41, 5.74) is 1.51. The second-order valence-corrected chi connectivity index (χ2v) is 4.27. The van der Waals surface area contributed by atoms with Crippen molar-refractivity contribution in [2.45, 2.75) is 6.92 Å². The van der Waals surface area contributed by atoms with E-state index >= 15 is 0 Å². The molecule has 3 aromatic rings. The van der Waals surface area contributed by atoms with Crippen molar-refractivity contribution < 1.29 is 14.4 Å². The molecule has 0 fully saturated rings. The molecule has 6 nitrogen and oxygen atoms in total. The molecule has 3 rings (SSSR count). The summed E-state index contributed by atoms with van der Waals surface area (Å²) in [7, 11) is 0. The summed E-state index contributed by atoms with van der Waals surface area (Å²) < 4.78 is 10.6. The molecular formula is C15H13N3O3. The van der Waals surface area contributed by atoms with Gasteiger partial charge in [-0.3, -0.25) is 4.98 Å². The quantitative estimate of drug-likeness (QED) is 0.792. The highest BCUT2D eigenvalue weighted by molar-refractivity contribution is 5.62. The van der Waals surface area contributed by atoms with Crippen LogP contribution in [0.2, 0.25) is 0 Å². The Labute approximate surface area is 121 Å². The number of pyridine rings is 1. The summed E-state index contributed by atoms with van der Waals surface area (Å²) in [4.78, 5) is 8.29. The van der Waals surface area contributed by atoms with Crippen LogP contribution in [-0.4, -0.2) is 26.8 Å². The highest BCUT2D eigenvalue weighted by Gasteiger charge is 2.12. The topological polar surface area (TPSA) is 81.3 Å². The van der Waals surface area contributed by atoms with Gasteiger partial charge in [-0.1, -0.05) is 5.16 Å². The first-order valence-electron chi connectivity index (χ1n) is 6.48. The summed E-state index contributed by atoms with van der Waals surface area (Å²) in [6.45, 7) is 2.31. The van der Waals surface area contributed by atoms with Crippen LogP contribution in [0.15, 0.2) is 47.2 Å². The monoisotopic (exact) mass is 283 g/mol. The van der Waals surface area contributed by atoms with E-state index < -0.39 is 0 Å². The first-order valence-corrected chi connectivity index (χ1v) is 6.48. The standard InChI is InChI=1S/C15H13N3O3/c1-2-20-13-9-11(3-4-12(13)19)15-17-14(18-21-15)10-5-7-16-8-6-10/h3-9,19H,2H2,1H3. The maximum absolute atomic E-state index is 9.70. The molecule has 0 aliphatic rings. The molecule has 0 aliphatic carbocycles. The van der Waals surface area contributed by atoms with Crippen molar-refractivity contribution in [2.75, 3.05) is 6.61 Å². The Hall–Kier alpha value is -2.89. The maximum atomic E-state index is 9.70. The van der Waals surface area contributed by atoms with Crippen LogP contribution in [0.3, 0.4) is 0 Å². The predicted molar refractivity (Wildman–Crippen MR) is 75.8 cm³/mol. The summed E-state index contributed by atoms with van der Waals surface area (Å²) in [5, 5.41) is 13.6. The molecule has 6 heteroatoms. The number of benzene rings is 1. The molecule has 1 N–H and O–H groups in total. The van der Waals surface area contributed by atoms with Gasteiger partial charge in [-0.05, 0) is 37.3 Å². The molecule has 0 amide bonds. The van der Waals surface area contributed by atoms with E-state index in [2.05, 4.69) is 15.1 Å². The van der Waals surface area contributed by atoms with Crippen molar-refractivity contribution in [3.8, 4) is 34.3 Å². The van der Waals surface area contributed by atoms with Gasteiger partial charge in [-0.15, -0.1) is 0 Å². The summed E-state index contributed by atoms with van der Waals surface area (Å²) in [6.07, 6.45) is 3.33. The van der Waals surface area contributed by atoms with Gasteiger partial charge in [0.2, 0.25) is 5.82 Å². The lowest BCUT2D eigenvalue weighted by Crippen LogP contribution is -1.92. The smallest absolute Gasteiger partial charge is 0.258 e. The SMILES string of the molecule is CCOc1cc(-c2nc(-c3ccncc3)no2)ccc1O. The van der Waals surface area contributed by atoms with E-state index in [0.29, 0.717) is 29.6 Å². The Balaban J connectivity index is 1.95. The van der Waals surface area contributed by atoms with E-state index in [-0.39, 0.29) is 5.75 Å². The molecule has 0 saturated heterocycles. The van der Waals surface area contributed by atoms with Gasteiger partial charge in [0.25, 0.3) is 5.89 Å². The van der Waals surface area contributed by atoms with Gasteiger partial charge >= 0.3 is 0 Å². The molecule has 2 aromatic heterocycles. The van der Waals surface area contributed by atoms with Crippen LogP contribution in [0.25, 0.3) is 22.8 Å². The molecule has 106 valence electrons. The molecule has 0 atom stereocenters. The minimum absolute atomic E-state index is 0.0782. The molecule has 0 saturated carbocycles. The zero-order valence-corrected chi connectivity index (χ0v) is 11.4. The minimum Gasteiger partial charge on any atom is -0.504 e. The van der Waals surface area contributed by atoms with E-state index in [1.165, 1.54) is 6.07 Å². The van der Waals surface area contributed by atoms with Gasteiger partial charge in [-0.2, -0.15) is 4.98 Å². The fourth-order valence-corrected chi connectivity index (χ4v) is 1.88. The van der Waals surface area contributed by atoms with E-state index in [9.17, 15) is 5.11 Å². The highest BCUT2D eigenvalue weighted by atomic mass is 16.5. The van der Waals surface area contributed by atoms with Gasteiger partial charge in [0, 0.05) is 23.5 Å². The highest BCUT2D eigenvalue weighted by Crippen LogP contribution is 2.31. The van der Waals surface area contributed by atoms with Crippen molar-refractivity contribution in [3.05, 3.63) is 42.7 Å². The minimum atomic E-state index is 0.0782. The van der Waals surface area contributed by atoms with Gasteiger partial charge in [0.1, 0.15) is 0 Å². The van der Waals surface area contributed by atoms with Crippen molar-refractivity contribution in [1.82, 2.24) is 15.1 Å². The van der Waals surface area contributed by atoms with E-state index in [1.807, 2.05) is 6.92 Å². The number of phenols is 1. The van der Waals surface area contributed by atoms with Crippen molar-refractivity contribution in [1.29, 1.82) is 0 Å². The van der Waals surface area contributed by atoms with Crippen LogP contribution in [0.1, 0.15) is 6.92 Å². The van der Waals surface area contributed by atoms with Crippen LogP contribution in [0, 0.1) is 0 Å². The van der Waals surface area contributed by atoms with E-state index in [1.54, 1.807) is 36.7 Å². The van der Waals surface area contributed by atoms with Gasteiger partial charge in [-0.25, -0.2) is 0 Å². The van der Waals surface area contributed by atoms with E-state index in [0.717, 1.165) is 5.56 Å². The third-order valence-corrected chi connectivity index (χ3v) is 2.87. The van der Waals surface area contributed by atoms with Gasteiger partial charge in [0.15, 0.2) is 11.5 Å². The van der Waals surface area contributed by atoms with Crippen LogP contribution < -0.4 is 4.74 Å². The average molecular weight is 283 g/mol. The fourth-order valence-electron chi connectivity index (χ4n) is 1.88. The van der Waals surface area contributed by atoms with Gasteiger partial charge in [0.05, 0.1) is 6.61 Å². The Kier molecular flexibility index (Phi) is 3.51. The molecule has 2 heterocycles. The zero-order chi connectivity index (χ0) is 14.7. The first-order chi connectivity index (χ1) is 10.3. The number of hydrogen-bond acceptors (Lipinski definition) is 6. The predicted octanol–water partition coefficient (Wildman–Crippen LogP) is 2.90. The molecule has 0 bridgehead atoms. The van der Waals surface area contributed by atoms with Crippen LogP contribution in [0.5, 0.6) is 11.5 Å². The van der Waals surface area contributed by atoms with Crippen LogP contribution >= 0.6 is 0 Å². The summed E-state index contributed by atoms with van der Waals surface area (Å²) >= 11 is 0. The lowest BCUT2D eigenvalue weighted by molar-refractivity contribution is 0.318. The molecular weight excluding hydrogens is 270 g/mol. The van der Waals surface area contributed by atoms with Gasteiger partial charge < -0.3 is 14.4 Å². The summed E-state index contributed by atoms with van der Waals surface area (Å²) in [5.74, 6) is 1.31. The Morgan fingerprint density at radius 1 is 1.14 bits per heavy atom. The molecule has 0 spiro atoms. The van der Waals surface area contributed by atoms with E-state index in [4.69, 9.17) is 9.26 Å². The second kappa shape index (κ2) is 5.62. The molecule has 0 aliphatic heterocycles. The average Bonchev–Trinajstić information content (AvgIpc) is 3.00. The fraction of sp³-hybridized carbons (Fsp3) is 0.133. The first kappa shape index (κ1) is 13.1. The Morgan fingerprint density at radius 3 is 2.71 bits per heavy atom. The van der Waals surface area contributed by atoms with Crippen LogP contribution in [-0.2, 0) is 0 Å². The Bertz CT molecular complexity index is 741. The number of rotatable bonds is 4. The number of hydrogen-bond donors (Lipinski definition) is 1. The lowest BCUT2D eigenvalue weighted by Gasteiger charge is -2.05. The number of nitrogens with zero attached hydrogens (tertiary/aromatic N) is 3. The van der Waals surface area contributed by atoms with Crippen molar-refractivity contribution >= 4 is 0 Å².